The second-order valence-electron chi connectivity index (χ2n) is 6.56. The highest BCUT2D eigenvalue weighted by atomic mass is 19.1. The van der Waals surface area contributed by atoms with Crippen molar-refractivity contribution in [2.24, 2.45) is 0 Å². The molecule has 138 valence electrons. The van der Waals surface area contributed by atoms with E-state index >= 15 is 0 Å². The van der Waals surface area contributed by atoms with Crippen LogP contribution in [0, 0.1) is 5.82 Å². The molecule has 1 aliphatic heterocycles. The Morgan fingerprint density at radius 1 is 1.15 bits per heavy atom. The molecule has 3 aromatic rings. The van der Waals surface area contributed by atoms with Gasteiger partial charge in [-0.25, -0.2) is 4.39 Å². The first-order valence-corrected chi connectivity index (χ1v) is 8.95. The second-order valence-corrected chi connectivity index (χ2v) is 6.56. The number of pyridine rings is 1. The van der Waals surface area contributed by atoms with Gasteiger partial charge in [0.15, 0.2) is 0 Å². The number of nitrogens with zero attached hydrogens (tertiary/aromatic N) is 2. The standard InChI is InChI=1S/C22H21FN2O2/c1-26-22-9-6-16(12-19(22)20-8-7-18(23)13-24-20)14-25-10-11-27-21-5-3-2-4-17(21)15-25/h2-9,12-13H,10-11,14-15H2,1H3. The summed E-state index contributed by atoms with van der Waals surface area (Å²) in [5.74, 6) is 1.34. The van der Waals surface area contributed by atoms with Gasteiger partial charge >= 0.3 is 0 Å². The summed E-state index contributed by atoms with van der Waals surface area (Å²) in [7, 11) is 1.63. The highest BCUT2D eigenvalue weighted by Gasteiger charge is 2.16. The van der Waals surface area contributed by atoms with E-state index in [1.807, 2.05) is 24.3 Å². The predicted molar refractivity (Wildman–Crippen MR) is 102 cm³/mol. The van der Waals surface area contributed by atoms with Gasteiger partial charge in [-0.2, -0.15) is 0 Å². The summed E-state index contributed by atoms with van der Waals surface area (Å²) in [6.07, 6.45) is 1.23. The molecule has 0 spiro atoms. The van der Waals surface area contributed by atoms with E-state index < -0.39 is 0 Å². The van der Waals surface area contributed by atoms with E-state index in [2.05, 4.69) is 28.1 Å². The number of methoxy groups -OCH3 is 1. The number of para-hydroxylation sites is 1. The Morgan fingerprint density at radius 3 is 2.85 bits per heavy atom. The second kappa shape index (κ2) is 7.76. The maximum absolute atomic E-state index is 13.2. The van der Waals surface area contributed by atoms with Crippen LogP contribution in [0.3, 0.4) is 0 Å². The molecule has 0 fully saturated rings. The van der Waals surface area contributed by atoms with E-state index in [4.69, 9.17) is 9.47 Å². The first kappa shape index (κ1) is 17.5. The lowest BCUT2D eigenvalue weighted by Gasteiger charge is -2.20. The van der Waals surface area contributed by atoms with Crippen LogP contribution in [-0.4, -0.2) is 30.1 Å². The normalized spacial score (nSPS) is 14.1. The zero-order valence-electron chi connectivity index (χ0n) is 15.2. The van der Waals surface area contributed by atoms with Crippen molar-refractivity contribution in [2.45, 2.75) is 13.1 Å². The quantitative estimate of drug-likeness (QED) is 0.692. The van der Waals surface area contributed by atoms with E-state index in [9.17, 15) is 4.39 Å². The molecule has 27 heavy (non-hydrogen) atoms. The number of rotatable bonds is 4. The molecular weight excluding hydrogens is 343 g/mol. The van der Waals surface area contributed by atoms with Crippen LogP contribution in [0.5, 0.6) is 11.5 Å². The van der Waals surface area contributed by atoms with Crippen molar-refractivity contribution in [1.29, 1.82) is 0 Å². The summed E-state index contributed by atoms with van der Waals surface area (Å²) in [6, 6.07) is 17.3. The van der Waals surface area contributed by atoms with Crippen molar-refractivity contribution in [3.63, 3.8) is 0 Å². The zero-order valence-corrected chi connectivity index (χ0v) is 15.2. The molecule has 0 bridgehead atoms. The first-order chi connectivity index (χ1) is 13.2. The van der Waals surface area contributed by atoms with Crippen molar-refractivity contribution in [3.05, 3.63) is 77.7 Å². The van der Waals surface area contributed by atoms with Crippen LogP contribution < -0.4 is 9.47 Å². The summed E-state index contributed by atoms with van der Waals surface area (Å²) in [5, 5.41) is 0. The average molecular weight is 364 g/mol. The summed E-state index contributed by atoms with van der Waals surface area (Å²) in [4.78, 5) is 6.56. The van der Waals surface area contributed by atoms with Gasteiger partial charge in [0.25, 0.3) is 0 Å². The van der Waals surface area contributed by atoms with E-state index in [1.165, 1.54) is 17.8 Å². The van der Waals surface area contributed by atoms with Crippen molar-refractivity contribution in [3.8, 4) is 22.8 Å². The van der Waals surface area contributed by atoms with Crippen LogP contribution in [0.4, 0.5) is 4.39 Å². The van der Waals surface area contributed by atoms with Crippen molar-refractivity contribution >= 4 is 0 Å². The predicted octanol–water partition coefficient (Wildman–Crippen LogP) is 4.29. The topological polar surface area (TPSA) is 34.6 Å². The minimum Gasteiger partial charge on any atom is -0.496 e. The van der Waals surface area contributed by atoms with Crippen molar-refractivity contribution < 1.29 is 13.9 Å². The van der Waals surface area contributed by atoms with Crippen molar-refractivity contribution in [2.75, 3.05) is 20.3 Å². The Morgan fingerprint density at radius 2 is 2.04 bits per heavy atom. The smallest absolute Gasteiger partial charge is 0.141 e. The summed E-state index contributed by atoms with van der Waals surface area (Å²) < 4.78 is 24.5. The van der Waals surface area contributed by atoms with Gasteiger partial charge in [0, 0.05) is 30.8 Å². The number of hydrogen-bond acceptors (Lipinski definition) is 4. The van der Waals surface area contributed by atoms with Gasteiger partial charge in [-0.05, 0) is 35.9 Å². The molecular formula is C22H21FN2O2. The average Bonchev–Trinajstić information content (AvgIpc) is 2.90. The van der Waals surface area contributed by atoms with Crippen LogP contribution in [0.15, 0.2) is 60.8 Å². The molecule has 1 aromatic heterocycles. The molecule has 0 saturated heterocycles. The zero-order chi connectivity index (χ0) is 18.6. The van der Waals surface area contributed by atoms with E-state index in [0.29, 0.717) is 12.3 Å². The third-order valence-corrected chi connectivity index (χ3v) is 4.71. The minimum atomic E-state index is -0.350. The summed E-state index contributed by atoms with van der Waals surface area (Å²) in [5.41, 5.74) is 3.90. The Hall–Kier alpha value is -2.92. The first-order valence-electron chi connectivity index (χ1n) is 8.95. The van der Waals surface area contributed by atoms with Gasteiger partial charge in [-0.15, -0.1) is 0 Å². The summed E-state index contributed by atoms with van der Waals surface area (Å²) >= 11 is 0. The third kappa shape index (κ3) is 3.93. The lowest BCUT2D eigenvalue weighted by Crippen LogP contribution is -2.25. The van der Waals surface area contributed by atoms with Crippen LogP contribution in [0.1, 0.15) is 11.1 Å². The largest absolute Gasteiger partial charge is 0.496 e. The molecule has 2 heterocycles. The number of hydrogen-bond donors (Lipinski definition) is 0. The fraction of sp³-hybridized carbons (Fsp3) is 0.227. The minimum absolute atomic E-state index is 0.350. The highest BCUT2D eigenvalue weighted by Crippen LogP contribution is 2.31. The molecule has 5 heteroatoms. The van der Waals surface area contributed by atoms with Crippen LogP contribution in [0.25, 0.3) is 11.3 Å². The Bertz CT molecular complexity index is 928. The highest BCUT2D eigenvalue weighted by molar-refractivity contribution is 5.68. The maximum atomic E-state index is 13.2. The van der Waals surface area contributed by atoms with Gasteiger partial charge in [0.05, 0.1) is 19.0 Å². The van der Waals surface area contributed by atoms with E-state index in [0.717, 1.165) is 42.3 Å². The number of ether oxygens (including phenoxy) is 2. The number of benzene rings is 2. The molecule has 1 aliphatic rings. The molecule has 2 aromatic carbocycles. The SMILES string of the molecule is COc1ccc(CN2CCOc3ccccc3C2)cc1-c1ccc(F)cn1. The molecule has 4 rings (SSSR count). The fourth-order valence-electron chi connectivity index (χ4n) is 3.36. The molecule has 0 amide bonds. The number of fused-ring (bicyclic) bond motifs is 1. The molecule has 4 nitrogen and oxygen atoms in total. The lowest BCUT2D eigenvalue weighted by molar-refractivity contribution is 0.219. The van der Waals surface area contributed by atoms with Crippen molar-refractivity contribution in [1.82, 2.24) is 9.88 Å². The Balaban J connectivity index is 1.59. The van der Waals surface area contributed by atoms with Gasteiger partial charge in [0.1, 0.15) is 23.9 Å². The monoisotopic (exact) mass is 364 g/mol. The van der Waals surface area contributed by atoms with Gasteiger partial charge in [-0.3, -0.25) is 9.88 Å². The molecule has 0 saturated carbocycles. The van der Waals surface area contributed by atoms with Gasteiger partial charge < -0.3 is 9.47 Å². The number of halogens is 1. The molecule has 0 atom stereocenters. The van der Waals surface area contributed by atoms with Crippen LogP contribution in [-0.2, 0) is 13.1 Å². The van der Waals surface area contributed by atoms with Crippen LogP contribution in [0.2, 0.25) is 0 Å². The Kier molecular flexibility index (Phi) is 5.03. The molecule has 0 N–H and O–H groups in total. The van der Waals surface area contributed by atoms with Crippen LogP contribution >= 0.6 is 0 Å². The summed E-state index contributed by atoms with van der Waals surface area (Å²) in [6.45, 7) is 3.15. The third-order valence-electron chi connectivity index (χ3n) is 4.71. The number of aromatic nitrogens is 1. The van der Waals surface area contributed by atoms with E-state index in [-0.39, 0.29) is 5.82 Å². The van der Waals surface area contributed by atoms with Gasteiger partial charge in [-0.1, -0.05) is 24.3 Å². The fourth-order valence-corrected chi connectivity index (χ4v) is 3.36. The van der Waals surface area contributed by atoms with E-state index in [1.54, 1.807) is 13.2 Å². The lowest BCUT2D eigenvalue weighted by atomic mass is 10.1. The molecule has 0 aliphatic carbocycles. The molecule has 0 radical (unpaired) electrons. The molecule has 0 unspecified atom stereocenters. The Labute approximate surface area is 158 Å². The maximum Gasteiger partial charge on any atom is 0.141 e. The van der Waals surface area contributed by atoms with Gasteiger partial charge in [0.2, 0.25) is 0 Å².